The third kappa shape index (κ3) is 4.84. The predicted octanol–water partition coefficient (Wildman–Crippen LogP) is 2.47. The summed E-state index contributed by atoms with van der Waals surface area (Å²) >= 11 is 0. The number of benzene rings is 1. The number of morpholine rings is 1. The van der Waals surface area contributed by atoms with E-state index in [4.69, 9.17) is 9.15 Å². The van der Waals surface area contributed by atoms with Gasteiger partial charge in [-0.1, -0.05) is 0 Å². The highest BCUT2D eigenvalue weighted by Gasteiger charge is 2.14. The fourth-order valence-electron chi connectivity index (χ4n) is 2.60. The van der Waals surface area contributed by atoms with Crippen LogP contribution in [0.15, 0.2) is 40.8 Å². The molecular formula is C18H23N3O3. The summed E-state index contributed by atoms with van der Waals surface area (Å²) in [7, 11) is 0. The third-order valence-corrected chi connectivity index (χ3v) is 3.90. The van der Waals surface area contributed by atoms with E-state index in [1.807, 2.05) is 43.3 Å². The normalized spacial score (nSPS) is 15.2. The lowest BCUT2D eigenvalue weighted by Gasteiger charge is -2.25. The van der Waals surface area contributed by atoms with Crippen molar-refractivity contribution in [2.45, 2.75) is 13.5 Å². The number of hydrogen-bond donors (Lipinski definition) is 2. The van der Waals surface area contributed by atoms with Gasteiger partial charge in [-0.05, 0) is 43.3 Å². The predicted molar refractivity (Wildman–Crippen MR) is 93.1 cm³/mol. The second-order valence-electron chi connectivity index (χ2n) is 5.88. The minimum atomic E-state index is 0.00340. The van der Waals surface area contributed by atoms with Crippen LogP contribution in [0.5, 0.6) is 0 Å². The molecule has 24 heavy (non-hydrogen) atoms. The highest BCUT2D eigenvalue weighted by Crippen LogP contribution is 2.15. The Morgan fingerprint density at radius 1 is 1.08 bits per heavy atom. The van der Waals surface area contributed by atoms with Crippen LogP contribution >= 0.6 is 0 Å². The fourth-order valence-corrected chi connectivity index (χ4v) is 2.60. The van der Waals surface area contributed by atoms with Crippen LogP contribution in [0.3, 0.4) is 0 Å². The molecule has 1 aliphatic rings. The van der Waals surface area contributed by atoms with Gasteiger partial charge >= 0.3 is 0 Å². The van der Waals surface area contributed by atoms with Crippen molar-refractivity contribution in [1.29, 1.82) is 0 Å². The van der Waals surface area contributed by atoms with Gasteiger partial charge in [0.1, 0.15) is 11.5 Å². The van der Waals surface area contributed by atoms with Gasteiger partial charge in [-0.25, -0.2) is 0 Å². The number of nitrogens with zero attached hydrogens (tertiary/aromatic N) is 1. The topological polar surface area (TPSA) is 66.7 Å². The van der Waals surface area contributed by atoms with Gasteiger partial charge in [0.2, 0.25) is 5.91 Å². The van der Waals surface area contributed by atoms with Gasteiger partial charge in [0.05, 0.1) is 26.3 Å². The van der Waals surface area contributed by atoms with E-state index < -0.39 is 0 Å². The number of furan rings is 1. The molecule has 128 valence electrons. The first-order valence-corrected chi connectivity index (χ1v) is 8.18. The van der Waals surface area contributed by atoms with Gasteiger partial charge in [-0.15, -0.1) is 0 Å². The van der Waals surface area contributed by atoms with Gasteiger partial charge < -0.3 is 19.8 Å². The molecule has 2 N–H and O–H groups in total. The molecule has 2 heterocycles. The number of hydrogen-bond acceptors (Lipinski definition) is 5. The Morgan fingerprint density at radius 3 is 2.46 bits per heavy atom. The van der Waals surface area contributed by atoms with Gasteiger partial charge in [0, 0.05) is 24.5 Å². The molecule has 1 saturated heterocycles. The van der Waals surface area contributed by atoms with Crippen molar-refractivity contribution in [3.8, 4) is 0 Å². The molecule has 1 fully saturated rings. The van der Waals surface area contributed by atoms with E-state index in [0.29, 0.717) is 26.3 Å². The molecule has 0 radical (unpaired) electrons. The van der Waals surface area contributed by atoms with Crippen molar-refractivity contribution in [1.82, 2.24) is 4.90 Å². The van der Waals surface area contributed by atoms with Crippen molar-refractivity contribution < 1.29 is 13.9 Å². The summed E-state index contributed by atoms with van der Waals surface area (Å²) in [6.07, 6.45) is 0. The van der Waals surface area contributed by atoms with E-state index >= 15 is 0 Å². The van der Waals surface area contributed by atoms with E-state index in [9.17, 15) is 4.79 Å². The number of rotatable bonds is 6. The molecule has 6 heteroatoms. The number of nitrogens with one attached hydrogen (secondary N) is 2. The maximum Gasteiger partial charge on any atom is 0.238 e. The zero-order valence-electron chi connectivity index (χ0n) is 13.9. The number of ether oxygens (including phenoxy) is 1. The van der Waals surface area contributed by atoms with Crippen LogP contribution in [0.4, 0.5) is 11.4 Å². The summed E-state index contributed by atoms with van der Waals surface area (Å²) in [6.45, 7) is 5.98. The van der Waals surface area contributed by atoms with Crippen molar-refractivity contribution in [2.24, 2.45) is 0 Å². The Bertz CT molecular complexity index is 660. The Balaban J connectivity index is 1.46. The van der Waals surface area contributed by atoms with E-state index in [0.717, 1.165) is 36.0 Å². The van der Waals surface area contributed by atoms with Crippen molar-refractivity contribution >= 4 is 17.3 Å². The van der Waals surface area contributed by atoms with Gasteiger partial charge in [-0.2, -0.15) is 0 Å². The SMILES string of the molecule is Cc1ccc(CNc2ccc(NC(=O)CN3CCOCC3)cc2)o1. The smallest absolute Gasteiger partial charge is 0.238 e. The standard InChI is InChI=1S/C18H23N3O3/c1-14-2-7-17(24-14)12-19-15-3-5-16(6-4-15)20-18(22)13-21-8-10-23-11-9-21/h2-7,19H,8-13H2,1H3,(H,20,22). The number of carbonyl (C=O) groups excluding carboxylic acids is 1. The molecule has 1 aromatic carbocycles. The quantitative estimate of drug-likeness (QED) is 0.852. The minimum Gasteiger partial charge on any atom is -0.465 e. The van der Waals surface area contributed by atoms with E-state index in [1.54, 1.807) is 0 Å². The first-order chi connectivity index (χ1) is 11.7. The summed E-state index contributed by atoms with van der Waals surface area (Å²) in [6, 6.07) is 11.6. The largest absolute Gasteiger partial charge is 0.465 e. The molecule has 1 aliphatic heterocycles. The highest BCUT2D eigenvalue weighted by molar-refractivity contribution is 5.92. The number of carbonyl (C=O) groups is 1. The second kappa shape index (κ2) is 7.99. The average molecular weight is 329 g/mol. The van der Waals surface area contributed by atoms with Gasteiger partial charge in [-0.3, -0.25) is 9.69 Å². The zero-order chi connectivity index (χ0) is 16.8. The molecule has 0 spiro atoms. The summed E-state index contributed by atoms with van der Waals surface area (Å²) in [4.78, 5) is 14.2. The van der Waals surface area contributed by atoms with E-state index in [1.165, 1.54) is 0 Å². The summed E-state index contributed by atoms with van der Waals surface area (Å²) in [5.41, 5.74) is 1.78. The fraction of sp³-hybridized carbons (Fsp3) is 0.389. The van der Waals surface area contributed by atoms with Crippen molar-refractivity contribution in [3.05, 3.63) is 47.9 Å². The van der Waals surface area contributed by atoms with E-state index in [2.05, 4.69) is 15.5 Å². The maximum atomic E-state index is 12.1. The van der Waals surface area contributed by atoms with Crippen LogP contribution in [-0.2, 0) is 16.1 Å². The molecule has 1 amide bonds. The van der Waals surface area contributed by atoms with Crippen LogP contribution in [0.1, 0.15) is 11.5 Å². The molecule has 2 aromatic rings. The highest BCUT2D eigenvalue weighted by atomic mass is 16.5. The van der Waals surface area contributed by atoms with E-state index in [-0.39, 0.29) is 5.91 Å². The first-order valence-electron chi connectivity index (χ1n) is 8.18. The van der Waals surface area contributed by atoms with Gasteiger partial charge in [0.25, 0.3) is 0 Å². The molecule has 0 aliphatic carbocycles. The number of aryl methyl sites for hydroxylation is 1. The Morgan fingerprint density at radius 2 is 1.79 bits per heavy atom. The molecule has 3 rings (SSSR count). The zero-order valence-corrected chi connectivity index (χ0v) is 13.9. The van der Waals surface area contributed by atoms with Crippen LogP contribution in [0.25, 0.3) is 0 Å². The lowest BCUT2D eigenvalue weighted by molar-refractivity contribution is -0.118. The Labute approximate surface area is 141 Å². The summed E-state index contributed by atoms with van der Waals surface area (Å²) in [5, 5.41) is 6.22. The number of amides is 1. The summed E-state index contributed by atoms with van der Waals surface area (Å²) < 4.78 is 10.8. The molecule has 1 aromatic heterocycles. The molecule has 0 atom stereocenters. The van der Waals surface area contributed by atoms with Gasteiger partial charge in [0.15, 0.2) is 0 Å². The molecular weight excluding hydrogens is 306 g/mol. The molecule has 0 saturated carbocycles. The first kappa shape index (κ1) is 16.5. The average Bonchev–Trinajstić information content (AvgIpc) is 3.00. The monoisotopic (exact) mass is 329 g/mol. The summed E-state index contributed by atoms with van der Waals surface area (Å²) in [5.74, 6) is 1.81. The lowest BCUT2D eigenvalue weighted by atomic mass is 10.2. The van der Waals surface area contributed by atoms with Crippen molar-refractivity contribution in [2.75, 3.05) is 43.5 Å². The lowest BCUT2D eigenvalue weighted by Crippen LogP contribution is -2.41. The number of anilines is 2. The van der Waals surface area contributed by atoms with Crippen LogP contribution in [-0.4, -0.2) is 43.7 Å². The van der Waals surface area contributed by atoms with Crippen molar-refractivity contribution in [3.63, 3.8) is 0 Å². The maximum absolute atomic E-state index is 12.1. The Kier molecular flexibility index (Phi) is 5.51. The Hall–Kier alpha value is -2.31. The third-order valence-electron chi connectivity index (χ3n) is 3.90. The van der Waals surface area contributed by atoms with Crippen LogP contribution < -0.4 is 10.6 Å². The van der Waals surface area contributed by atoms with Crippen LogP contribution in [0, 0.1) is 6.92 Å². The second-order valence-corrected chi connectivity index (χ2v) is 5.88. The van der Waals surface area contributed by atoms with Crippen LogP contribution in [0.2, 0.25) is 0 Å². The molecule has 0 bridgehead atoms. The molecule has 6 nitrogen and oxygen atoms in total. The minimum absolute atomic E-state index is 0.00340. The molecule has 0 unspecified atom stereocenters.